The molecule has 2 aromatic rings. The number of benzene rings is 2. The molecule has 0 aromatic heterocycles. The zero-order chi connectivity index (χ0) is 17.1. The maximum Gasteiger partial charge on any atom is 0.339 e. The average Bonchev–Trinajstić information content (AvgIpc) is 2.65. The molecule has 1 aliphatic rings. The van der Waals surface area contributed by atoms with Crippen LogP contribution in [0.15, 0.2) is 36.4 Å². The van der Waals surface area contributed by atoms with E-state index in [0.29, 0.717) is 5.56 Å². The molecule has 24 heavy (non-hydrogen) atoms. The van der Waals surface area contributed by atoms with Gasteiger partial charge in [-0.3, -0.25) is 0 Å². The lowest BCUT2D eigenvalue weighted by Crippen LogP contribution is -2.18. The van der Waals surface area contributed by atoms with Gasteiger partial charge in [0, 0.05) is 5.56 Å². The molecule has 4 nitrogen and oxygen atoms in total. The van der Waals surface area contributed by atoms with Gasteiger partial charge in [0.1, 0.15) is 0 Å². The van der Waals surface area contributed by atoms with E-state index in [1.807, 2.05) is 30.3 Å². The summed E-state index contributed by atoms with van der Waals surface area (Å²) in [6.07, 6.45) is 3.95. The number of ether oxygens (including phenoxy) is 2. The van der Waals surface area contributed by atoms with Crippen molar-refractivity contribution in [2.24, 2.45) is 0 Å². The van der Waals surface area contributed by atoms with Crippen LogP contribution in [0.25, 0.3) is 11.1 Å². The fourth-order valence-electron chi connectivity index (χ4n) is 3.41. The van der Waals surface area contributed by atoms with Crippen molar-refractivity contribution >= 4 is 11.9 Å². The Balaban J connectivity index is 2.38. The van der Waals surface area contributed by atoms with Crippen LogP contribution in [0.2, 0.25) is 0 Å². The van der Waals surface area contributed by atoms with Crippen LogP contribution in [0.1, 0.15) is 44.7 Å². The van der Waals surface area contributed by atoms with Gasteiger partial charge in [0.25, 0.3) is 0 Å². The molecular formula is C20H20O4. The molecule has 2 aromatic carbocycles. The molecule has 1 aliphatic carbocycles. The Kier molecular flexibility index (Phi) is 4.65. The predicted octanol–water partition coefficient (Wildman–Crippen LogP) is 3.81. The second-order valence-electron chi connectivity index (χ2n) is 5.87. The maximum absolute atomic E-state index is 12.5. The summed E-state index contributed by atoms with van der Waals surface area (Å²) < 4.78 is 9.88. The third kappa shape index (κ3) is 2.80. The summed E-state index contributed by atoms with van der Waals surface area (Å²) in [5.74, 6) is -1.02. The first-order chi connectivity index (χ1) is 11.7. The zero-order valence-electron chi connectivity index (χ0n) is 13.9. The Hall–Kier alpha value is -2.62. The fraction of sp³-hybridized carbons (Fsp3) is 0.300. The second-order valence-corrected chi connectivity index (χ2v) is 5.87. The first-order valence-electron chi connectivity index (χ1n) is 8.08. The van der Waals surface area contributed by atoms with Crippen LogP contribution in [0.4, 0.5) is 0 Å². The Morgan fingerprint density at radius 1 is 0.917 bits per heavy atom. The first kappa shape index (κ1) is 16.2. The van der Waals surface area contributed by atoms with Gasteiger partial charge in [0.15, 0.2) is 0 Å². The van der Waals surface area contributed by atoms with Gasteiger partial charge >= 0.3 is 11.9 Å². The monoisotopic (exact) mass is 324 g/mol. The minimum Gasteiger partial charge on any atom is -0.465 e. The predicted molar refractivity (Wildman–Crippen MR) is 91.2 cm³/mol. The highest BCUT2D eigenvalue weighted by atomic mass is 16.5. The van der Waals surface area contributed by atoms with Gasteiger partial charge in [-0.1, -0.05) is 30.3 Å². The number of methoxy groups -OCH3 is 2. The maximum atomic E-state index is 12.5. The van der Waals surface area contributed by atoms with Crippen molar-refractivity contribution in [3.63, 3.8) is 0 Å². The number of aryl methyl sites for hydroxylation is 1. The van der Waals surface area contributed by atoms with Crippen molar-refractivity contribution < 1.29 is 19.1 Å². The molecular weight excluding hydrogens is 304 g/mol. The van der Waals surface area contributed by atoms with Gasteiger partial charge in [-0.05, 0) is 48.4 Å². The average molecular weight is 324 g/mol. The Morgan fingerprint density at radius 3 is 2.25 bits per heavy atom. The van der Waals surface area contributed by atoms with Crippen LogP contribution >= 0.6 is 0 Å². The van der Waals surface area contributed by atoms with E-state index in [4.69, 9.17) is 9.47 Å². The first-order valence-corrected chi connectivity index (χ1v) is 8.08. The molecule has 0 radical (unpaired) electrons. The van der Waals surface area contributed by atoms with Gasteiger partial charge < -0.3 is 9.47 Å². The van der Waals surface area contributed by atoms with E-state index in [1.165, 1.54) is 14.2 Å². The van der Waals surface area contributed by atoms with Crippen molar-refractivity contribution in [3.8, 4) is 11.1 Å². The SMILES string of the molecule is COC(=O)c1cc2c(c(-c3ccccc3)c1C(=O)OC)CCCC2. The lowest BCUT2D eigenvalue weighted by molar-refractivity contribution is 0.0555. The molecule has 0 heterocycles. The van der Waals surface area contributed by atoms with E-state index >= 15 is 0 Å². The van der Waals surface area contributed by atoms with Crippen LogP contribution in [0.5, 0.6) is 0 Å². The van der Waals surface area contributed by atoms with Crippen molar-refractivity contribution in [2.75, 3.05) is 14.2 Å². The minimum absolute atomic E-state index is 0.281. The molecule has 0 spiro atoms. The molecule has 0 unspecified atom stereocenters. The van der Waals surface area contributed by atoms with Gasteiger partial charge in [0.2, 0.25) is 0 Å². The molecule has 3 rings (SSSR count). The number of carbonyl (C=O) groups excluding carboxylic acids is 2. The molecule has 0 amide bonds. The zero-order valence-corrected chi connectivity index (χ0v) is 13.9. The number of carbonyl (C=O) groups is 2. The van der Waals surface area contributed by atoms with Crippen molar-refractivity contribution in [2.45, 2.75) is 25.7 Å². The van der Waals surface area contributed by atoms with Crippen molar-refractivity contribution in [3.05, 3.63) is 58.7 Å². The summed E-state index contributed by atoms with van der Waals surface area (Å²) in [6.45, 7) is 0. The van der Waals surface area contributed by atoms with Crippen molar-refractivity contribution in [1.82, 2.24) is 0 Å². The van der Waals surface area contributed by atoms with E-state index in [-0.39, 0.29) is 5.56 Å². The normalized spacial score (nSPS) is 13.1. The van der Waals surface area contributed by atoms with Gasteiger partial charge in [-0.25, -0.2) is 9.59 Å². The Morgan fingerprint density at radius 2 is 1.58 bits per heavy atom. The lowest BCUT2D eigenvalue weighted by Gasteiger charge is -2.24. The largest absolute Gasteiger partial charge is 0.465 e. The van der Waals surface area contributed by atoms with Crippen LogP contribution in [-0.2, 0) is 22.3 Å². The van der Waals surface area contributed by atoms with Gasteiger partial charge in [-0.2, -0.15) is 0 Å². The summed E-state index contributed by atoms with van der Waals surface area (Å²) in [4.78, 5) is 24.8. The summed E-state index contributed by atoms with van der Waals surface area (Å²) >= 11 is 0. The number of esters is 2. The molecule has 0 aliphatic heterocycles. The highest BCUT2D eigenvalue weighted by molar-refractivity contribution is 6.08. The number of hydrogen-bond acceptors (Lipinski definition) is 4. The summed E-state index contributed by atoms with van der Waals surface area (Å²) in [6, 6.07) is 11.5. The third-order valence-corrected chi connectivity index (χ3v) is 4.51. The molecule has 0 bridgehead atoms. The third-order valence-electron chi connectivity index (χ3n) is 4.51. The van der Waals surface area contributed by atoms with Gasteiger partial charge in [0.05, 0.1) is 25.3 Å². The number of hydrogen-bond donors (Lipinski definition) is 0. The van der Waals surface area contributed by atoms with E-state index < -0.39 is 11.9 Å². The van der Waals surface area contributed by atoms with Crippen LogP contribution in [0.3, 0.4) is 0 Å². The van der Waals surface area contributed by atoms with Crippen LogP contribution in [-0.4, -0.2) is 26.2 Å². The Labute approximate surface area is 141 Å². The molecule has 0 saturated carbocycles. The topological polar surface area (TPSA) is 52.6 Å². The second kappa shape index (κ2) is 6.87. The molecule has 0 saturated heterocycles. The summed E-state index contributed by atoms with van der Waals surface area (Å²) in [5, 5.41) is 0. The van der Waals surface area contributed by atoms with Crippen LogP contribution in [0, 0.1) is 0 Å². The van der Waals surface area contributed by atoms with Gasteiger partial charge in [-0.15, -0.1) is 0 Å². The lowest BCUT2D eigenvalue weighted by atomic mass is 9.81. The summed E-state index contributed by atoms with van der Waals surface area (Å²) in [7, 11) is 2.66. The van der Waals surface area contributed by atoms with E-state index in [1.54, 1.807) is 6.07 Å². The molecule has 0 atom stereocenters. The molecule has 0 N–H and O–H groups in total. The smallest absolute Gasteiger partial charge is 0.339 e. The standard InChI is InChI=1S/C20H20O4/c1-23-19(21)16-12-14-10-6-7-11-15(14)17(18(16)20(22)24-2)13-8-4-3-5-9-13/h3-5,8-9,12H,6-7,10-11H2,1-2H3. The molecule has 4 heteroatoms. The molecule has 0 fully saturated rings. The highest BCUT2D eigenvalue weighted by Crippen LogP contribution is 2.37. The Bertz CT molecular complexity index is 778. The minimum atomic E-state index is -0.513. The van der Waals surface area contributed by atoms with E-state index in [0.717, 1.165) is 47.9 Å². The van der Waals surface area contributed by atoms with E-state index in [2.05, 4.69) is 0 Å². The summed E-state index contributed by atoms with van der Waals surface area (Å²) in [5.41, 5.74) is 4.57. The highest BCUT2D eigenvalue weighted by Gasteiger charge is 2.28. The fourth-order valence-corrected chi connectivity index (χ4v) is 3.41. The molecule has 124 valence electrons. The van der Waals surface area contributed by atoms with E-state index in [9.17, 15) is 9.59 Å². The van der Waals surface area contributed by atoms with Crippen molar-refractivity contribution in [1.29, 1.82) is 0 Å². The van der Waals surface area contributed by atoms with Crippen LogP contribution < -0.4 is 0 Å². The quantitative estimate of drug-likeness (QED) is 0.806. The number of fused-ring (bicyclic) bond motifs is 1. The number of rotatable bonds is 3.